The molecule has 15 heavy (non-hydrogen) atoms. The smallest absolute Gasteiger partial charge is 0.181 e. The van der Waals surface area contributed by atoms with Crippen LogP contribution in [0.5, 0.6) is 0 Å². The largest absolute Gasteiger partial charge is 0.290 e. The van der Waals surface area contributed by atoms with Gasteiger partial charge in [-0.3, -0.25) is 4.79 Å². The van der Waals surface area contributed by atoms with Gasteiger partial charge in [-0.25, -0.2) is 0 Å². The minimum Gasteiger partial charge on any atom is -0.290 e. The summed E-state index contributed by atoms with van der Waals surface area (Å²) in [6.45, 7) is 4.19. The Hall–Kier alpha value is -1.11. The molecule has 0 aromatic rings. The van der Waals surface area contributed by atoms with Gasteiger partial charge in [0, 0.05) is 5.41 Å². The van der Waals surface area contributed by atoms with E-state index >= 15 is 0 Å². The monoisotopic (exact) mass is 202 g/mol. The van der Waals surface area contributed by atoms with E-state index in [1.54, 1.807) is 6.08 Å². The molecule has 0 radical (unpaired) electrons. The van der Waals surface area contributed by atoms with Crippen molar-refractivity contribution >= 4 is 5.78 Å². The number of carbonyl (C=O) groups excluding carboxylic acids is 1. The van der Waals surface area contributed by atoms with Crippen LogP contribution in [0.4, 0.5) is 0 Å². The van der Waals surface area contributed by atoms with Gasteiger partial charge in [0.15, 0.2) is 5.78 Å². The minimum atomic E-state index is 0.141. The average molecular weight is 202 g/mol. The van der Waals surface area contributed by atoms with Crippen molar-refractivity contribution in [2.45, 2.75) is 33.1 Å². The molecule has 0 amide bonds. The quantitative estimate of drug-likeness (QED) is 0.595. The molecule has 2 rings (SSSR count). The van der Waals surface area contributed by atoms with E-state index in [-0.39, 0.29) is 11.2 Å². The lowest BCUT2D eigenvalue weighted by molar-refractivity contribution is -0.112. The summed E-state index contributed by atoms with van der Waals surface area (Å²) < 4.78 is 0. The Labute approximate surface area is 91.6 Å². The normalized spacial score (nSPS) is 30.1. The van der Waals surface area contributed by atoms with Crippen molar-refractivity contribution in [2.24, 2.45) is 11.3 Å². The van der Waals surface area contributed by atoms with Crippen LogP contribution < -0.4 is 0 Å². The van der Waals surface area contributed by atoms with Crippen molar-refractivity contribution in [3.63, 3.8) is 0 Å². The molecule has 2 aliphatic carbocycles. The van der Waals surface area contributed by atoms with Gasteiger partial charge in [-0.05, 0) is 36.8 Å². The molecule has 0 N–H and O–H groups in total. The molecule has 1 atom stereocenters. The maximum atomic E-state index is 11.7. The predicted molar refractivity (Wildman–Crippen MR) is 62.5 cm³/mol. The van der Waals surface area contributed by atoms with Gasteiger partial charge in [0.05, 0.1) is 0 Å². The first-order valence-electron chi connectivity index (χ1n) is 5.74. The van der Waals surface area contributed by atoms with Crippen LogP contribution >= 0.6 is 0 Å². The lowest BCUT2D eigenvalue weighted by atomic mass is 9.71. The van der Waals surface area contributed by atoms with Gasteiger partial charge in [0.1, 0.15) is 0 Å². The molecule has 0 aromatic carbocycles. The summed E-state index contributed by atoms with van der Waals surface area (Å²) in [4.78, 5) is 11.7. The van der Waals surface area contributed by atoms with Crippen molar-refractivity contribution in [3.8, 4) is 0 Å². The van der Waals surface area contributed by atoms with E-state index in [0.717, 1.165) is 24.8 Å². The van der Waals surface area contributed by atoms with Crippen LogP contribution in [0.15, 0.2) is 36.0 Å². The molecule has 0 heterocycles. The van der Waals surface area contributed by atoms with Crippen molar-refractivity contribution in [1.29, 1.82) is 0 Å². The second-order valence-corrected chi connectivity index (χ2v) is 4.90. The Kier molecular flexibility index (Phi) is 2.64. The third kappa shape index (κ3) is 1.97. The fraction of sp³-hybridized carbons (Fsp3) is 0.500. The standard InChI is InChI=1S/C14H18O/c1-11(2)12-10-14(9-6-13(12)15)7-4-3-5-8-14/h3-4,6,9-11H,5,7-8H2,1-2H3. The first kappa shape index (κ1) is 10.4. The van der Waals surface area contributed by atoms with E-state index in [1.807, 2.05) is 0 Å². The van der Waals surface area contributed by atoms with Crippen LogP contribution in [0.25, 0.3) is 0 Å². The zero-order valence-corrected chi connectivity index (χ0v) is 9.49. The molecule has 0 bridgehead atoms. The summed E-state index contributed by atoms with van der Waals surface area (Å²) in [5.74, 6) is 0.537. The Bertz CT molecular complexity index is 358. The number of rotatable bonds is 1. The molecule has 0 aliphatic heterocycles. The summed E-state index contributed by atoms with van der Waals surface area (Å²) in [7, 11) is 0. The third-order valence-corrected chi connectivity index (χ3v) is 3.36. The lowest BCUT2D eigenvalue weighted by Gasteiger charge is -2.32. The van der Waals surface area contributed by atoms with E-state index in [0.29, 0.717) is 5.92 Å². The van der Waals surface area contributed by atoms with Crippen molar-refractivity contribution in [2.75, 3.05) is 0 Å². The van der Waals surface area contributed by atoms with E-state index in [2.05, 4.69) is 38.2 Å². The topological polar surface area (TPSA) is 17.1 Å². The SMILES string of the molecule is CC(C)C1=CC2(C=CC1=O)CC=CCC2. The van der Waals surface area contributed by atoms with Crippen LogP contribution in [0, 0.1) is 11.3 Å². The molecule has 0 fully saturated rings. The zero-order chi connectivity index (χ0) is 10.9. The number of carbonyl (C=O) groups is 1. The van der Waals surface area contributed by atoms with Crippen LogP contribution in [0.3, 0.4) is 0 Å². The molecule has 0 aromatic heterocycles. The summed E-state index contributed by atoms with van der Waals surface area (Å²) in [6, 6.07) is 0. The highest BCUT2D eigenvalue weighted by molar-refractivity contribution is 6.05. The van der Waals surface area contributed by atoms with Crippen molar-refractivity contribution in [1.82, 2.24) is 0 Å². The summed E-state index contributed by atoms with van der Waals surface area (Å²) in [5.41, 5.74) is 1.13. The van der Waals surface area contributed by atoms with Crippen LogP contribution in [-0.4, -0.2) is 5.78 Å². The minimum absolute atomic E-state index is 0.141. The molecule has 1 unspecified atom stereocenters. The maximum absolute atomic E-state index is 11.7. The fourth-order valence-corrected chi connectivity index (χ4v) is 2.38. The van der Waals surface area contributed by atoms with Gasteiger partial charge in [-0.2, -0.15) is 0 Å². The first-order chi connectivity index (χ1) is 7.13. The van der Waals surface area contributed by atoms with Gasteiger partial charge < -0.3 is 0 Å². The van der Waals surface area contributed by atoms with E-state index < -0.39 is 0 Å². The van der Waals surface area contributed by atoms with Gasteiger partial charge in [-0.1, -0.05) is 38.2 Å². The Morgan fingerprint density at radius 1 is 1.33 bits per heavy atom. The molecule has 80 valence electrons. The Balaban J connectivity index is 2.32. The Morgan fingerprint density at radius 2 is 2.13 bits per heavy atom. The van der Waals surface area contributed by atoms with Gasteiger partial charge in [-0.15, -0.1) is 0 Å². The van der Waals surface area contributed by atoms with Gasteiger partial charge >= 0.3 is 0 Å². The number of hydrogen-bond acceptors (Lipinski definition) is 1. The van der Waals surface area contributed by atoms with Crippen molar-refractivity contribution in [3.05, 3.63) is 36.0 Å². The highest BCUT2D eigenvalue weighted by Crippen LogP contribution is 2.40. The Morgan fingerprint density at radius 3 is 2.73 bits per heavy atom. The lowest BCUT2D eigenvalue weighted by Crippen LogP contribution is -2.23. The molecular formula is C14H18O. The third-order valence-electron chi connectivity index (χ3n) is 3.36. The second-order valence-electron chi connectivity index (χ2n) is 4.90. The summed E-state index contributed by atoms with van der Waals surface area (Å²) in [6.07, 6.45) is 13.9. The van der Waals surface area contributed by atoms with Crippen LogP contribution in [0.1, 0.15) is 33.1 Å². The maximum Gasteiger partial charge on any atom is 0.181 e. The first-order valence-corrected chi connectivity index (χ1v) is 5.74. The van der Waals surface area contributed by atoms with E-state index in [1.165, 1.54) is 0 Å². The van der Waals surface area contributed by atoms with E-state index in [9.17, 15) is 4.79 Å². The van der Waals surface area contributed by atoms with Crippen LogP contribution in [0.2, 0.25) is 0 Å². The van der Waals surface area contributed by atoms with Crippen LogP contribution in [-0.2, 0) is 4.79 Å². The molecular weight excluding hydrogens is 184 g/mol. The molecule has 1 nitrogen and oxygen atoms in total. The number of hydrogen-bond donors (Lipinski definition) is 0. The summed E-state index contributed by atoms with van der Waals surface area (Å²) in [5, 5.41) is 0. The molecule has 0 saturated carbocycles. The molecule has 2 aliphatic rings. The summed E-state index contributed by atoms with van der Waals surface area (Å²) >= 11 is 0. The van der Waals surface area contributed by atoms with Gasteiger partial charge in [0.2, 0.25) is 0 Å². The molecule has 1 spiro atoms. The fourth-order valence-electron chi connectivity index (χ4n) is 2.38. The molecule has 1 heteroatoms. The number of ketones is 1. The second kappa shape index (κ2) is 3.80. The average Bonchev–Trinajstić information content (AvgIpc) is 2.23. The van der Waals surface area contributed by atoms with Crippen molar-refractivity contribution < 1.29 is 4.79 Å². The molecule has 0 saturated heterocycles. The van der Waals surface area contributed by atoms with Gasteiger partial charge in [0.25, 0.3) is 0 Å². The van der Waals surface area contributed by atoms with E-state index in [4.69, 9.17) is 0 Å². The highest BCUT2D eigenvalue weighted by Gasteiger charge is 2.30. The number of allylic oxidation sites excluding steroid dienone is 6. The zero-order valence-electron chi connectivity index (χ0n) is 9.49. The highest BCUT2D eigenvalue weighted by atomic mass is 16.1. The predicted octanol–water partition coefficient (Wildman–Crippen LogP) is 3.43.